The Kier molecular flexibility index (Phi) is 22.0. The summed E-state index contributed by atoms with van der Waals surface area (Å²) < 4.78 is 239. The maximum Gasteiger partial charge on any atom is 1.00 e. The predicted molar refractivity (Wildman–Crippen MR) is 75.1 cm³/mol. The van der Waals surface area contributed by atoms with E-state index in [4.69, 9.17) is 5.11 Å². The average Bonchev–Trinajstić information content (AvgIpc) is 2.65. The van der Waals surface area contributed by atoms with Gasteiger partial charge in [0.2, 0.25) is 0 Å². The van der Waals surface area contributed by atoms with E-state index in [2.05, 4.69) is 11.3 Å². The van der Waals surface area contributed by atoms with Gasteiger partial charge in [-0.3, -0.25) is 4.74 Å². The fraction of sp³-hybridized carbons (Fsp3) is 0.846. The molecule has 0 saturated carbocycles. The first-order valence-corrected chi connectivity index (χ1v) is 7.60. The van der Waals surface area contributed by atoms with Crippen LogP contribution >= 0.6 is 0 Å². The number of aliphatic hydroxyl groups is 1. The van der Waals surface area contributed by atoms with Gasteiger partial charge in [0.25, 0.3) is 12.4 Å². The molecule has 1 atom stereocenters. The van der Waals surface area contributed by atoms with Gasteiger partial charge in [0.1, 0.15) is 13.2 Å². The Morgan fingerprint density at radius 3 is 1.24 bits per heavy atom. The topological polar surface area (TPSA) is 68.7 Å². The van der Waals surface area contributed by atoms with Crippen molar-refractivity contribution in [2.75, 3.05) is 13.2 Å². The van der Waals surface area contributed by atoms with E-state index in [0.29, 0.717) is 0 Å². The van der Waals surface area contributed by atoms with E-state index in [1.54, 1.807) is 0 Å². The van der Waals surface area contributed by atoms with Crippen molar-refractivity contribution >= 4 is 0 Å². The number of rotatable bonds is 10. The van der Waals surface area contributed by atoms with Crippen molar-refractivity contribution in [3.05, 3.63) is 12.7 Å². The molecule has 0 aliphatic heterocycles. The molecule has 2 N–H and O–H groups in total. The summed E-state index contributed by atoms with van der Waals surface area (Å²) >= 11 is 0. The van der Waals surface area contributed by atoms with Crippen LogP contribution in [0.25, 0.3) is 0 Å². The Labute approximate surface area is 239 Å². The molecule has 4 nitrogen and oxygen atoms in total. The minimum absolute atomic E-state index is 0. The molecule has 0 aromatic rings. The molecule has 0 heterocycles. The van der Waals surface area contributed by atoms with E-state index >= 15 is 0 Å². The molecular weight excluding hydrogens is 639 g/mol. The van der Waals surface area contributed by atoms with Gasteiger partial charge in [-0.2, -0.15) is 65.9 Å². The second-order valence-corrected chi connectivity index (χ2v) is 5.49. The summed E-state index contributed by atoms with van der Waals surface area (Å²) in [6.45, 7) is -2.56. The van der Waals surface area contributed by atoms with Gasteiger partial charge in [0.05, 0.1) is 0 Å². The Hall–Kier alpha value is -0.184. The molecule has 0 radical (unpaired) electrons. The molecule has 0 saturated heterocycles. The minimum Gasteiger partial charge on any atom is -0.870 e. The Balaban J connectivity index is -0.000000216. The molecule has 0 aromatic heterocycles. The molecule has 0 bridgehead atoms. The molecule has 1 unspecified atom stereocenters. The maximum atomic E-state index is 12.7. The van der Waals surface area contributed by atoms with Crippen LogP contribution in [0.4, 0.5) is 87.8 Å². The van der Waals surface area contributed by atoms with Gasteiger partial charge in [0, 0.05) is 0 Å². The third-order valence-corrected chi connectivity index (χ3v) is 2.54. The third kappa shape index (κ3) is 16.8. The number of hydrogen-bond acceptors (Lipinski definition) is 4. The summed E-state index contributed by atoms with van der Waals surface area (Å²) in [5.41, 5.74) is 0. The molecule has 228 valence electrons. The Morgan fingerprint density at radius 1 is 0.711 bits per heavy atom. The Morgan fingerprint density at radius 2 is 1.03 bits per heavy atom. The number of alkyl halides is 18. The van der Waals surface area contributed by atoms with E-state index in [9.17, 15) is 87.8 Å². The molecule has 0 amide bonds. The van der Waals surface area contributed by atoms with E-state index in [-0.39, 0.29) is 56.9 Å². The minimum atomic E-state index is -7.15. The first kappa shape index (κ1) is 47.6. The van der Waals surface area contributed by atoms with Crippen LogP contribution in [-0.2, 0) is 9.47 Å². The zero-order chi connectivity index (χ0) is 30.1. The van der Waals surface area contributed by atoms with Crippen LogP contribution in [0.3, 0.4) is 0 Å². The smallest absolute Gasteiger partial charge is 0.870 e. The van der Waals surface area contributed by atoms with Crippen LogP contribution in [0.1, 0.15) is 0 Å². The average molecular weight is 650 g/mol. The molecule has 0 spiro atoms. The van der Waals surface area contributed by atoms with Crippen molar-refractivity contribution in [1.82, 2.24) is 0 Å². The second-order valence-electron chi connectivity index (χ2n) is 5.49. The summed E-state index contributed by atoms with van der Waals surface area (Å²) in [4.78, 5) is 0. The van der Waals surface area contributed by atoms with Crippen molar-refractivity contribution in [2.45, 2.75) is 55.4 Å². The first-order chi connectivity index (χ1) is 15.5. The third-order valence-electron chi connectivity index (χ3n) is 2.54. The largest absolute Gasteiger partial charge is 1.00 e. The summed E-state index contributed by atoms with van der Waals surface area (Å²) in [5.74, 6) is -16.7. The summed E-state index contributed by atoms with van der Waals surface area (Å²) in [5, 5.41) is 7.53. The van der Waals surface area contributed by atoms with E-state index in [0.717, 1.165) is 0 Å². The molecule has 0 aliphatic rings. The van der Waals surface area contributed by atoms with Crippen LogP contribution in [0.5, 0.6) is 0 Å². The second kappa shape index (κ2) is 17.6. The van der Waals surface area contributed by atoms with Crippen LogP contribution in [0, 0.1) is 0 Å². The normalized spacial score (nSPS) is 13.9. The monoisotopic (exact) mass is 650 g/mol. The van der Waals surface area contributed by atoms with Crippen molar-refractivity contribution in [3.63, 3.8) is 0 Å². The van der Waals surface area contributed by atoms with Crippen LogP contribution < -0.4 is 51.4 Å². The zero-order valence-corrected chi connectivity index (χ0v) is 20.7. The summed E-state index contributed by atoms with van der Waals surface area (Å²) in [6.07, 6.45) is -35.3. The van der Waals surface area contributed by atoms with Gasteiger partial charge in [-0.25, -0.2) is 22.0 Å². The van der Waals surface area contributed by atoms with Crippen molar-refractivity contribution in [3.8, 4) is 0 Å². The van der Waals surface area contributed by atoms with Gasteiger partial charge in [-0.15, -0.1) is 0 Å². The zero-order valence-electron chi connectivity index (χ0n) is 17.6. The first-order valence-electron chi connectivity index (χ1n) is 7.60. The van der Waals surface area contributed by atoms with Crippen molar-refractivity contribution in [1.29, 1.82) is 0 Å². The SMILES string of the molecule is C=C(F)F.FC(F)C(F)(F)COC(F)(F)C(F)OC(F)(F)C(F)(F)C(F)(F)F.OCC(F)(F)C(F)F.[K+].[OH-]. The summed E-state index contributed by atoms with van der Waals surface area (Å²) in [6, 6.07) is 0. The van der Waals surface area contributed by atoms with E-state index in [1.807, 2.05) is 4.74 Å². The van der Waals surface area contributed by atoms with E-state index in [1.165, 1.54) is 0 Å². The Bertz CT molecular complexity index is 651. The number of aliphatic hydroxyl groups excluding tert-OH is 1. The van der Waals surface area contributed by atoms with Crippen LogP contribution in [0.15, 0.2) is 12.7 Å². The van der Waals surface area contributed by atoms with Crippen molar-refractivity contribution in [2.24, 2.45) is 0 Å². The fourth-order valence-electron chi connectivity index (χ4n) is 0.828. The standard InChI is InChI=1S/C8H4F14O2.C3H4F4O.C2H2F2.K.H2O/c9-2(10)4(12,13)1-23-5(14,15)3(11)24-8(21,22)6(16,17)7(18,19)20;4-2(5)3(6,7)1-8;1-2(3)4;;/h2-3H,1H2;2,8H,1H2;1H2;;1H2/q;;;+1;/p-1. The van der Waals surface area contributed by atoms with Gasteiger partial charge in [-0.1, -0.05) is 0 Å². The van der Waals surface area contributed by atoms with Gasteiger partial charge in [-0.05, 0) is 6.58 Å². The van der Waals surface area contributed by atoms with Gasteiger partial charge in [0.15, 0.2) is 0 Å². The van der Waals surface area contributed by atoms with Gasteiger partial charge >= 0.3 is 100 Å². The molecule has 25 heteroatoms. The molecule has 0 rings (SSSR count). The van der Waals surface area contributed by atoms with E-state index < -0.39 is 74.7 Å². The molecule has 38 heavy (non-hydrogen) atoms. The number of halogens is 20. The fourth-order valence-corrected chi connectivity index (χ4v) is 0.828. The van der Waals surface area contributed by atoms with Gasteiger partial charge < -0.3 is 15.3 Å². The molecular formula is C13H11F20KO4. The number of ether oxygens (including phenoxy) is 2. The molecule has 0 aliphatic carbocycles. The quantitative estimate of drug-likeness (QED) is 0.290. The number of hydrogen-bond donors (Lipinski definition) is 1. The maximum absolute atomic E-state index is 12.7. The van der Waals surface area contributed by atoms with Crippen molar-refractivity contribution < 1.29 is 159 Å². The predicted octanol–water partition coefficient (Wildman–Crippen LogP) is 3.70. The summed E-state index contributed by atoms with van der Waals surface area (Å²) in [7, 11) is 0. The van der Waals surface area contributed by atoms with Crippen LogP contribution in [0.2, 0.25) is 0 Å². The molecule has 0 aromatic carbocycles. The molecule has 0 fully saturated rings. The van der Waals surface area contributed by atoms with Crippen LogP contribution in [-0.4, -0.2) is 79.2 Å².